The van der Waals surface area contributed by atoms with Gasteiger partial charge in [0.2, 0.25) is 5.91 Å². The molecule has 0 bridgehead atoms. The van der Waals surface area contributed by atoms with Gasteiger partial charge in [-0.2, -0.15) is 0 Å². The van der Waals surface area contributed by atoms with Crippen molar-refractivity contribution in [2.45, 2.75) is 25.4 Å². The normalized spacial score (nSPS) is 18.1. The first kappa shape index (κ1) is 13.1. The fourth-order valence-corrected chi connectivity index (χ4v) is 1.87. The zero-order valence-electron chi connectivity index (χ0n) is 10.5. The molecule has 0 radical (unpaired) electrons. The van der Waals surface area contributed by atoms with Crippen LogP contribution in [-0.2, 0) is 16.1 Å². The van der Waals surface area contributed by atoms with Crippen molar-refractivity contribution in [2.75, 3.05) is 7.05 Å². The van der Waals surface area contributed by atoms with E-state index in [-0.39, 0.29) is 18.2 Å². The van der Waals surface area contributed by atoms with Crippen LogP contribution in [0.1, 0.15) is 18.4 Å². The Labute approximate surface area is 109 Å². The van der Waals surface area contributed by atoms with Gasteiger partial charge in [-0.05, 0) is 12.5 Å². The van der Waals surface area contributed by atoms with Crippen molar-refractivity contribution in [1.29, 1.82) is 0 Å². The first-order chi connectivity index (χ1) is 9.06. The van der Waals surface area contributed by atoms with Crippen LogP contribution in [-0.4, -0.2) is 35.8 Å². The number of hydrogen-bond donors (Lipinski definition) is 2. The fraction of sp³-hybridized carbons (Fsp3) is 0.417. The van der Waals surface area contributed by atoms with Crippen molar-refractivity contribution < 1.29 is 18.8 Å². The van der Waals surface area contributed by atoms with E-state index in [1.54, 1.807) is 30.5 Å². The number of amides is 4. The molecule has 1 aromatic heterocycles. The van der Waals surface area contributed by atoms with Gasteiger partial charge in [0, 0.05) is 25.6 Å². The van der Waals surface area contributed by atoms with Crippen LogP contribution in [0.2, 0.25) is 0 Å². The van der Waals surface area contributed by atoms with E-state index in [4.69, 9.17) is 4.42 Å². The zero-order chi connectivity index (χ0) is 13.8. The molecule has 1 saturated heterocycles. The van der Waals surface area contributed by atoms with Gasteiger partial charge in [0.25, 0.3) is 5.91 Å². The Balaban J connectivity index is 1.78. The Morgan fingerprint density at radius 1 is 1.47 bits per heavy atom. The van der Waals surface area contributed by atoms with E-state index in [1.807, 2.05) is 0 Å². The molecule has 0 saturated carbocycles. The summed E-state index contributed by atoms with van der Waals surface area (Å²) in [5.41, 5.74) is 0.905. The summed E-state index contributed by atoms with van der Waals surface area (Å²) in [6, 6.07) is 0.669. The molecule has 2 rings (SSSR count). The van der Waals surface area contributed by atoms with Crippen molar-refractivity contribution in [1.82, 2.24) is 15.5 Å². The fourth-order valence-electron chi connectivity index (χ4n) is 1.87. The van der Waals surface area contributed by atoms with E-state index < -0.39 is 12.1 Å². The maximum Gasteiger partial charge on any atom is 0.322 e. The summed E-state index contributed by atoms with van der Waals surface area (Å²) in [5.74, 6) is -0.467. The minimum Gasteiger partial charge on any atom is -0.472 e. The van der Waals surface area contributed by atoms with E-state index in [9.17, 15) is 14.4 Å². The Bertz CT molecular complexity index is 483. The van der Waals surface area contributed by atoms with Gasteiger partial charge in [0.15, 0.2) is 0 Å². The predicted molar refractivity (Wildman–Crippen MR) is 64.9 cm³/mol. The second kappa shape index (κ2) is 5.55. The number of nitrogens with zero attached hydrogens (tertiary/aromatic N) is 1. The first-order valence-electron chi connectivity index (χ1n) is 5.92. The lowest BCUT2D eigenvalue weighted by Gasteiger charge is -2.16. The molecular formula is C12H15N3O4. The summed E-state index contributed by atoms with van der Waals surface area (Å²) in [6.07, 6.45) is 3.62. The second-order valence-electron chi connectivity index (χ2n) is 4.44. The topological polar surface area (TPSA) is 91.7 Å². The highest BCUT2D eigenvalue weighted by atomic mass is 16.3. The molecule has 0 aromatic carbocycles. The van der Waals surface area contributed by atoms with E-state index in [1.165, 1.54) is 0 Å². The Hall–Kier alpha value is -2.31. The van der Waals surface area contributed by atoms with Gasteiger partial charge < -0.3 is 14.6 Å². The van der Waals surface area contributed by atoms with Crippen LogP contribution < -0.4 is 10.6 Å². The molecule has 7 heteroatoms. The average molecular weight is 265 g/mol. The van der Waals surface area contributed by atoms with Crippen LogP contribution >= 0.6 is 0 Å². The van der Waals surface area contributed by atoms with E-state index in [0.29, 0.717) is 13.0 Å². The molecule has 1 fully saturated rings. The Kier molecular flexibility index (Phi) is 3.84. The third kappa shape index (κ3) is 3.34. The van der Waals surface area contributed by atoms with Crippen molar-refractivity contribution in [3.05, 3.63) is 24.2 Å². The van der Waals surface area contributed by atoms with E-state index in [0.717, 1.165) is 5.56 Å². The standard InChI is InChI=1S/C12H15N3O4/c1-15(6-8-4-5-19-7-8)10(16)3-2-9-11(17)14-12(18)13-9/h4-5,7,9H,2-3,6H2,1H3,(H2,13,14,17,18)/t9-/m1/s1. The van der Waals surface area contributed by atoms with Gasteiger partial charge in [-0.25, -0.2) is 4.79 Å². The summed E-state index contributed by atoms with van der Waals surface area (Å²) < 4.78 is 4.92. The molecule has 1 atom stereocenters. The highest BCUT2D eigenvalue weighted by Crippen LogP contribution is 2.08. The minimum absolute atomic E-state index is 0.0878. The molecule has 1 aromatic rings. The molecule has 2 heterocycles. The van der Waals surface area contributed by atoms with Crippen molar-refractivity contribution >= 4 is 17.8 Å². The van der Waals surface area contributed by atoms with Gasteiger partial charge in [-0.3, -0.25) is 14.9 Å². The lowest BCUT2D eigenvalue weighted by atomic mass is 10.1. The average Bonchev–Trinajstić information content (AvgIpc) is 2.96. The Morgan fingerprint density at radius 2 is 2.26 bits per heavy atom. The lowest BCUT2D eigenvalue weighted by Crippen LogP contribution is -2.32. The predicted octanol–water partition coefficient (Wildman–Crippen LogP) is 0.226. The number of carbonyl (C=O) groups excluding carboxylic acids is 3. The third-order valence-electron chi connectivity index (χ3n) is 2.93. The maximum absolute atomic E-state index is 11.9. The van der Waals surface area contributed by atoms with Crippen molar-refractivity contribution in [3.8, 4) is 0 Å². The summed E-state index contributed by atoms with van der Waals surface area (Å²) >= 11 is 0. The van der Waals surface area contributed by atoms with E-state index >= 15 is 0 Å². The number of carbonyl (C=O) groups is 3. The largest absolute Gasteiger partial charge is 0.472 e. The Morgan fingerprint density at radius 3 is 2.84 bits per heavy atom. The summed E-state index contributed by atoms with van der Waals surface area (Å²) in [6.45, 7) is 0.457. The van der Waals surface area contributed by atoms with Crippen LogP contribution in [0.3, 0.4) is 0 Å². The third-order valence-corrected chi connectivity index (χ3v) is 2.93. The second-order valence-corrected chi connectivity index (χ2v) is 4.44. The molecule has 1 aliphatic heterocycles. The molecule has 102 valence electrons. The van der Waals surface area contributed by atoms with Crippen LogP contribution in [0.15, 0.2) is 23.0 Å². The summed E-state index contributed by atoms with van der Waals surface area (Å²) in [4.78, 5) is 35.6. The molecule has 0 unspecified atom stereocenters. The molecule has 7 nitrogen and oxygen atoms in total. The van der Waals surface area contributed by atoms with Gasteiger partial charge in [0.05, 0.1) is 12.5 Å². The quantitative estimate of drug-likeness (QED) is 0.745. The molecular weight excluding hydrogens is 250 g/mol. The number of hydrogen-bond acceptors (Lipinski definition) is 4. The summed E-state index contributed by atoms with van der Waals surface area (Å²) in [5, 5.41) is 4.59. The van der Waals surface area contributed by atoms with E-state index in [2.05, 4.69) is 10.6 Å². The molecule has 1 aliphatic rings. The molecule has 2 N–H and O–H groups in total. The molecule has 19 heavy (non-hydrogen) atoms. The highest BCUT2D eigenvalue weighted by Gasteiger charge is 2.29. The first-order valence-corrected chi connectivity index (χ1v) is 5.92. The maximum atomic E-state index is 11.9. The molecule has 4 amide bonds. The minimum atomic E-state index is -0.612. The van der Waals surface area contributed by atoms with Crippen LogP contribution in [0, 0.1) is 0 Å². The number of furan rings is 1. The SMILES string of the molecule is CN(Cc1ccoc1)C(=O)CC[C@H]1NC(=O)NC1=O. The van der Waals surface area contributed by atoms with Crippen LogP contribution in [0.25, 0.3) is 0 Å². The highest BCUT2D eigenvalue weighted by molar-refractivity contribution is 6.04. The monoisotopic (exact) mass is 265 g/mol. The smallest absolute Gasteiger partial charge is 0.322 e. The van der Waals surface area contributed by atoms with Gasteiger partial charge in [0.1, 0.15) is 6.04 Å². The molecule has 0 spiro atoms. The van der Waals surface area contributed by atoms with Gasteiger partial charge in [-0.1, -0.05) is 0 Å². The van der Waals surface area contributed by atoms with Crippen molar-refractivity contribution in [3.63, 3.8) is 0 Å². The number of urea groups is 1. The number of rotatable bonds is 5. The molecule has 0 aliphatic carbocycles. The van der Waals surface area contributed by atoms with Crippen LogP contribution in [0.5, 0.6) is 0 Å². The summed E-state index contributed by atoms with van der Waals surface area (Å²) in [7, 11) is 1.68. The van der Waals surface area contributed by atoms with Gasteiger partial charge >= 0.3 is 6.03 Å². The van der Waals surface area contributed by atoms with Gasteiger partial charge in [-0.15, -0.1) is 0 Å². The van der Waals surface area contributed by atoms with Crippen LogP contribution in [0.4, 0.5) is 4.79 Å². The zero-order valence-corrected chi connectivity index (χ0v) is 10.5. The number of imide groups is 1. The lowest BCUT2D eigenvalue weighted by molar-refractivity contribution is -0.130. The number of nitrogens with one attached hydrogen (secondary N) is 2. The van der Waals surface area contributed by atoms with Crippen molar-refractivity contribution in [2.24, 2.45) is 0 Å².